The third-order valence-electron chi connectivity index (χ3n) is 5.88. The van der Waals surface area contributed by atoms with Crippen molar-refractivity contribution < 1.29 is 14.1 Å². The zero-order valence-electron chi connectivity index (χ0n) is 19.5. The second-order valence-electron chi connectivity index (χ2n) is 8.33. The molecule has 2 heterocycles. The Labute approximate surface area is 205 Å². The largest absolute Gasteiger partial charge is 0.383 e. The van der Waals surface area contributed by atoms with E-state index in [9.17, 15) is 4.79 Å². The third kappa shape index (κ3) is 5.88. The Hall–Kier alpha value is -3.07. The van der Waals surface area contributed by atoms with Crippen LogP contribution in [-0.2, 0) is 11.3 Å². The predicted octanol–water partition coefficient (Wildman–Crippen LogP) is 4.43. The van der Waals surface area contributed by atoms with Crippen molar-refractivity contribution in [1.29, 1.82) is 0 Å². The summed E-state index contributed by atoms with van der Waals surface area (Å²) in [5.41, 5.74) is 3.21. The second kappa shape index (κ2) is 11.4. The van der Waals surface area contributed by atoms with Crippen molar-refractivity contribution >= 4 is 29.2 Å². The molecule has 0 spiro atoms. The zero-order chi connectivity index (χ0) is 23.9. The molecule has 8 nitrogen and oxygen atoms in total. The van der Waals surface area contributed by atoms with Crippen LogP contribution in [0.4, 0.5) is 16.4 Å². The number of piperazine rings is 1. The van der Waals surface area contributed by atoms with Gasteiger partial charge in [-0.15, -0.1) is 0 Å². The van der Waals surface area contributed by atoms with Crippen molar-refractivity contribution in [3.63, 3.8) is 0 Å². The zero-order valence-corrected chi connectivity index (χ0v) is 20.3. The van der Waals surface area contributed by atoms with E-state index in [1.807, 2.05) is 36.4 Å². The number of carbonyl (C=O) groups is 1. The fraction of sp³-hybridized carbons (Fsp3) is 0.360. The summed E-state index contributed by atoms with van der Waals surface area (Å²) < 4.78 is 11.2. The van der Waals surface area contributed by atoms with Gasteiger partial charge in [-0.05, 0) is 25.2 Å². The van der Waals surface area contributed by atoms with Crippen LogP contribution in [-0.4, -0.2) is 74.5 Å². The summed E-state index contributed by atoms with van der Waals surface area (Å²) in [6, 6.07) is 16.8. The average Bonchev–Trinajstić information content (AvgIpc) is 3.26. The number of carbonyl (C=O) groups excluding carboxylic acids is 1. The fourth-order valence-corrected chi connectivity index (χ4v) is 4.13. The predicted molar refractivity (Wildman–Crippen MR) is 134 cm³/mol. The van der Waals surface area contributed by atoms with Crippen LogP contribution in [0.3, 0.4) is 0 Å². The Bertz CT molecular complexity index is 1080. The van der Waals surface area contributed by atoms with Crippen molar-refractivity contribution in [2.45, 2.75) is 6.54 Å². The lowest BCUT2D eigenvalue weighted by Gasteiger charge is -2.33. The number of hydrogen-bond donors (Lipinski definition) is 1. The lowest BCUT2D eigenvalue weighted by Crippen LogP contribution is -2.45. The Morgan fingerprint density at radius 1 is 1.15 bits per heavy atom. The number of nitrogens with one attached hydrogen (secondary N) is 1. The Kier molecular flexibility index (Phi) is 8.05. The molecule has 0 atom stereocenters. The summed E-state index contributed by atoms with van der Waals surface area (Å²) in [5, 5.41) is 7.93. The molecule has 180 valence electrons. The van der Waals surface area contributed by atoms with Crippen molar-refractivity contribution in [2.75, 3.05) is 63.7 Å². The number of amides is 2. The minimum Gasteiger partial charge on any atom is -0.383 e. The Balaban J connectivity index is 1.64. The van der Waals surface area contributed by atoms with Crippen LogP contribution >= 0.6 is 11.6 Å². The topological polar surface area (TPSA) is 74.1 Å². The molecule has 1 saturated heterocycles. The van der Waals surface area contributed by atoms with E-state index in [1.165, 1.54) is 0 Å². The maximum Gasteiger partial charge on any atom is 0.322 e. The highest BCUT2D eigenvalue weighted by Gasteiger charge is 2.27. The van der Waals surface area contributed by atoms with Crippen LogP contribution in [0.15, 0.2) is 59.1 Å². The van der Waals surface area contributed by atoms with Gasteiger partial charge >= 0.3 is 6.03 Å². The molecule has 1 aromatic heterocycles. The highest BCUT2D eigenvalue weighted by Crippen LogP contribution is 2.33. The number of nitrogens with zero attached hydrogens (tertiary/aromatic N) is 4. The molecular weight excluding hydrogens is 454 g/mol. The first kappa shape index (κ1) is 24.1. The van der Waals surface area contributed by atoms with Crippen LogP contribution in [0.2, 0.25) is 5.02 Å². The van der Waals surface area contributed by atoms with Gasteiger partial charge in [0.1, 0.15) is 5.69 Å². The first-order valence-corrected chi connectivity index (χ1v) is 11.7. The molecule has 0 aliphatic carbocycles. The third-order valence-corrected chi connectivity index (χ3v) is 6.12. The van der Waals surface area contributed by atoms with E-state index in [0.29, 0.717) is 36.3 Å². The monoisotopic (exact) mass is 483 g/mol. The van der Waals surface area contributed by atoms with Crippen LogP contribution in [0, 0.1) is 0 Å². The van der Waals surface area contributed by atoms with Crippen molar-refractivity contribution in [2.24, 2.45) is 0 Å². The second-order valence-corrected chi connectivity index (χ2v) is 8.76. The van der Waals surface area contributed by atoms with E-state index < -0.39 is 0 Å². The van der Waals surface area contributed by atoms with E-state index in [4.69, 9.17) is 20.9 Å². The highest BCUT2D eigenvalue weighted by atomic mass is 35.5. The highest BCUT2D eigenvalue weighted by molar-refractivity contribution is 6.30. The van der Waals surface area contributed by atoms with Gasteiger partial charge in [0.05, 0.1) is 18.7 Å². The summed E-state index contributed by atoms with van der Waals surface area (Å²) in [6.07, 6.45) is 0. The van der Waals surface area contributed by atoms with Crippen LogP contribution in [0.25, 0.3) is 11.3 Å². The van der Waals surface area contributed by atoms with Crippen molar-refractivity contribution in [1.82, 2.24) is 15.0 Å². The average molecular weight is 484 g/mol. The summed E-state index contributed by atoms with van der Waals surface area (Å²) >= 11 is 6.10. The van der Waals surface area contributed by atoms with Gasteiger partial charge < -0.3 is 29.3 Å². The minimum atomic E-state index is -0.246. The number of hydrogen-bond acceptors (Lipinski definition) is 6. The van der Waals surface area contributed by atoms with Gasteiger partial charge in [-0.25, -0.2) is 4.79 Å². The number of methoxy groups -OCH3 is 1. The molecule has 1 aliphatic rings. The first-order valence-electron chi connectivity index (χ1n) is 11.3. The number of ether oxygens (including phenoxy) is 1. The maximum absolute atomic E-state index is 13.3. The summed E-state index contributed by atoms with van der Waals surface area (Å²) in [6.45, 7) is 4.67. The molecule has 0 unspecified atom stereocenters. The normalized spacial score (nSPS) is 14.3. The molecule has 1 fully saturated rings. The Morgan fingerprint density at radius 3 is 2.62 bits per heavy atom. The smallest absolute Gasteiger partial charge is 0.322 e. The number of anilines is 2. The van der Waals surface area contributed by atoms with Crippen molar-refractivity contribution in [3.8, 4) is 11.3 Å². The van der Waals surface area contributed by atoms with Gasteiger partial charge in [0.25, 0.3) is 0 Å². The minimum absolute atomic E-state index is 0.246. The van der Waals surface area contributed by atoms with Gasteiger partial charge in [-0.3, -0.25) is 0 Å². The number of likely N-dealkylation sites (N-methyl/N-ethyl adjacent to an activating group) is 1. The van der Waals surface area contributed by atoms with Gasteiger partial charge in [-0.1, -0.05) is 53.2 Å². The van der Waals surface area contributed by atoms with E-state index in [2.05, 4.69) is 27.3 Å². The quantitative estimate of drug-likeness (QED) is 0.511. The van der Waals surface area contributed by atoms with Crippen LogP contribution in [0.5, 0.6) is 0 Å². The molecule has 34 heavy (non-hydrogen) atoms. The molecule has 0 radical (unpaired) electrons. The molecule has 2 amide bonds. The Morgan fingerprint density at radius 2 is 1.91 bits per heavy atom. The molecule has 0 saturated carbocycles. The summed E-state index contributed by atoms with van der Waals surface area (Å²) in [4.78, 5) is 19.5. The number of aromatic nitrogens is 1. The molecular formula is C25H30ClN5O3. The van der Waals surface area contributed by atoms with E-state index in [-0.39, 0.29) is 6.03 Å². The molecule has 0 bridgehead atoms. The maximum atomic E-state index is 13.3. The fourth-order valence-electron chi connectivity index (χ4n) is 3.94. The lowest BCUT2D eigenvalue weighted by atomic mass is 10.1. The van der Waals surface area contributed by atoms with Crippen LogP contribution < -0.4 is 10.2 Å². The van der Waals surface area contributed by atoms with Gasteiger partial charge in [-0.2, -0.15) is 0 Å². The summed E-state index contributed by atoms with van der Waals surface area (Å²) in [5.74, 6) is 0.713. The number of halogens is 1. The number of urea groups is 1. The van der Waals surface area contributed by atoms with Crippen molar-refractivity contribution in [3.05, 3.63) is 65.2 Å². The SMILES string of the molecule is COCCN(Cc1c(-c2ccccc2)noc1N1CCN(C)CC1)C(=O)Nc1cccc(Cl)c1. The lowest BCUT2D eigenvalue weighted by molar-refractivity contribution is 0.153. The summed E-state index contributed by atoms with van der Waals surface area (Å²) in [7, 11) is 3.73. The number of benzene rings is 2. The molecule has 4 rings (SSSR count). The first-order chi connectivity index (χ1) is 16.5. The van der Waals surface area contributed by atoms with Gasteiger partial charge in [0, 0.05) is 56.1 Å². The van der Waals surface area contributed by atoms with Crippen LogP contribution in [0.1, 0.15) is 5.56 Å². The molecule has 9 heteroatoms. The standard InChI is InChI=1S/C25H30ClN5O3/c1-29-11-13-30(14-12-29)24-22(23(28-34-24)19-7-4-3-5-8-19)18-31(15-16-33-2)25(32)27-21-10-6-9-20(26)17-21/h3-10,17H,11-16,18H2,1-2H3,(H,27,32). The molecule has 1 N–H and O–H groups in total. The molecule has 2 aromatic carbocycles. The number of rotatable bonds is 8. The van der Waals surface area contributed by atoms with E-state index in [0.717, 1.165) is 43.0 Å². The molecule has 3 aromatic rings. The van der Waals surface area contributed by atoms with Gasteiger partial charge in [0.2, 0.25) is 5.88 Å². The van der Waals surface area contributed by atoms with E-state index in [1.54, 1.807) is 30.2 Å². The van der Waals surface area contributed by atoms with E-state index >= 15 is 0 Å². The molecule has 1 aliphatic heterocycles. The van der Waals surface area contributed by atoms with Gasteiger partial charge in [0.15, 0.2) is 0 Å².